The number of allylic oxidation sites excluding steroid dienone is 2. The van der Waals surface area contributed by atoms with Crippen molar-refractivity contribution in [3.63, 3.8) is 0 Å². The highest BCUT2D eigenvalue weighted by molar-refractivity contribution is 9.09. The van der Waals surface area contributed by atoms with Crippen molar-refractivity contribution in [1.29, 1.82) is 0 Å². The molecule has 2 aliphatic heterocycles. The van der Waals surface area contributed by atoms with Gasteiger partial charge < -0.3 is 10.6 Å². The summed E-state index contributed by atoms with van der Waals surface area (Å²) in [5, 5.41) is 6.74. The fourth-order valence-electron chi connectivity index (χ4n) is 4.44. The molecule has 0 spiro atoms. The molecular formula is C16H20Br2N2O2. The van der Waals surface area contributed by atoms with E-state index in [1.54, 1.807) is 0 Å². The number of nitrogens with one attached hydrogen (secondary N) is 2. The molecule has 6 heteroatoms. The van der Waals surface area contributed by atoms with Gasteiger partial charge in [-0.15, -0.1) is 0 Å². The summed E-state index contributed by atoms with van der Waals surface area (Å²) in [5.74, 6) is 0.335. The van der Waals surface area contributed by atoms with Crippen LogP contribution in [0.4, 0.5) is 0 Å². The van der Waals surface area contributed by atoms with Gasteiger partial charge in [0.25, 0.3) is 0 Å². The van der Waals surface area contributed by atoms with Crippen LogP contribution < -0.4 is 10.6 Å². The lowest BCUT2D eigenvalue weighted by molar-refractivity contribution is -0.120. The summed E-state index contributed by atoms with van der Waals surface area (Å²) in [5.41, 5.74) is 1.14. The molecule has 0 amide bonds. The molecule has 6 atom stereocenters. The number of halogens is 2. The second-order valence-corrected chi connectivity index (χ2v) is 9.60. The Hall–Kier alpha value is -0.360. The van der Waals surface area contributed by atoms with E-state index in [2.05, 4.69) is 42.5 Å². The minimum absolute atomic E-state index is 0.0294. The molecule has 6 unspecified atom stereocenters. The zero-order chi connectivity index (χ0) is 15.4. The largest absolute Gasteiger partial charge is 0.377 e. The number of rotatable bonds is 0. The molecule has 120 valence electrons. The summed E-state index contributed by atoms with van der Waals surface area (Å²) in [6.07, 6.45) is 5.90. The van der Waals surface area contributed by atoms with Crippen molar-refractivity contribution in [2.75, 3.05) is 0 Å². The quantitative estimate of drug-likeness (QED) is 0.456. The summed E-state index contributed by atoms with van der Waals surface area (Å²) in [6, 6.07) is 0.426. The van der Waals surface area contributed by atoms with Gasteiger partial charge >= 0.3 is 0 Å². The van der Waals surface area contributed by atoms with Crippen molar-refractivity contribution in [2.45, 2.75) is 60.3 Å². The lowest BCUT2D eigenvalue weighted by Gasteiger charge is -2.26. The van der Waals surface area contributed by atoms with Crippen molar-refractivity contribution in [2.24, 2.45) is 11.8 Å². The number of hydrogen-bond acceptors (Lipinski definition) is 4. The maximum Gasteiger partial charge on any atom is 0.186 e. The van der Waals surface area contributed by atoms with Gasteiger partial charge in [-0.3, -0.25) is 9.59 Å². The van der Waals surface area contributed by atoms with Crippen LogP contribution in [0.1, 0.15) is 38.5 Å². The Morgan fingerprint density at radius 1 is 0.727 bits per heavy atom. The van der Waals surface area contributed by atoms with Crippen LogP contribution >= 0.6 is 31.9 Å². The van der Waals surface area contributed by atoms with Crippen LogP contribution in [-0.2, 0) is 9.59 Å². The van der Waals surface area contributed by atoms with Crippen molar-refractivity contribution in [1.82, 2.24) is 10.6 Å². The zero-order valence-electron chi connectivity index (χ0n) is 12.3. The number of alkyl halides is 2. The van der Waals surface area contributed by atoms with E-state index in [0.717, 1.165) is 38.5 Å². The van der Waals surface area contributed by atoms with Crippen molar-refractivity contribution < 1.29 is 9.59 Å². The Labute approximate surface area is 147 Å². The molecule has 4 rings (SSSR count). The summed E-state index contributed by atoms with van der Waals surface area (Å²) in [4.78, 5) is 26.3. The Morgan fingerprint density at radius 3 is 1.55 bits per heavy atom. The van der Waals surface area contributed by atoms with Gasteiger partial charge in [-0.1, -0.05) is 31.9 Å². The Morgan fingerprint density at radius 2 is 1.14 bits per heavy atom. The van der Waals surface area contributed by atoms with E-state index in [-0.39, 0.29) is 35.5 Å². The number of Topliss-reactive ketones (excluding diaryl/α,β-unsaturated/α-hetero) is 2. The molecule has 4 aliphatic rings. The molecule has 4 fully saturated rings. The molecule has 2 N–H and O–H groups in total. The number of carbonyl (C=O) groups excluding carboxylic acids is 2. The molecular weight excluding hydrogens is 412 g/mol. The van der Waals surface area contributed by atoms with E-state index in [9.17, 15) is 9.59 Å². The van der Waals surface area contributed by atoms with Crippen LogP contribution in [0.15, 0.2) is 11.4 Å². The van der Waals surface area contributed by atoms with Gasteiger partial charge in [-0.05, 0) is 38.5 Å². The minimum atomic E-state index is 0.0294. The van der Waals surface area contributed by atoms with Crippen LogP contribution in [0, 0.1) is 11.8 Å². The third kappa shape index (κ3) is 2.37. The highest BCUT2D eigenvalue weighted by Gasteiger charge is 2.48. The number of carbonyl (C=O) groups is 2. The molecule has 0 aromatic rings. The van der Waals surface area contributed by atoms with Crippen molar-refractivity contribution in [3.05, 3.63) is 11.4 Å². The molecule has 0 aromatic heterocycles. The van der Waals surface area contributed by atoms with Crippen LogP contribution in [0.5, 0.6) is 0 Å². The lowest BCUT2D eigenvalue weighted by atomic mass is 9.83. The van der Waals surface area contributed by atoms with Gasteiger partial charge in [0.05, 0.1) is 0 Å². The predicted molar refractivity (Wildman–Crippen MR) is 91.0 cm³/mol. The van der Waals surface area contributed by atoms with Crippen molar-refractivity contribution in [3.8, 4) is 0 Å². The van der Waals surface area contributed by atoms with E-state index in [4.69, 9.17) is 0 Å². The monoisotopic (exact) mass is 430 g/mol. The smallest absolute Gasteiger partial charge is 0.186 e. The molecule has 2 heterocycles. The fraction of sp³-hybridized carbons (Fsp3) is 0.750. The van der Waals surface area contributed by atoms with E-state index in [1.165, 1.54) is 0 Å². The number of hydrogen-bond donors (Lipinski definition) is 2. The fourth-order valence-corrected chi connectivity index (χ4v) is 5.77. The molecule has 22 heavy (non-hydrogen) atoms. The third-order valence-corrected chi connectivity index (χ3v) is 7.31. The summed E-state index contributed by atoms with van der Waals surface area (Å²) in [7, 11) is 0. The second kappa shape index (κ2) is 5.62. The average molecular weight is 432 g/mol. The first kappa shape index (κ1) is 15.2. The van der Waals surface area contributed by atoms with Crippen LogP contribution in [0.2, 0.25) is 0 Å². The first-order valence-electron chi connectivity index (χ1n) is 8.18. The first-order chi connectivity index (χ1) is 10.5. The van der Waals surface area contributed by atoms with E-state index in [1.807, 2.05) is 0 Å². The molecule has 0 radical (unpaired) electrons. The van der Waals surface area contributed by atoms with Crippen LogP contribution in [0.25, 0.3) is 0 Å². The number of fused-ring (bicyclic) bond motifs is 2. The van der Waals surface area contributed by atoms with Crippen LogP contribution in [0.3, 0.4) is 0 Å². The maximum absolute atomic E-state index is 12.7. The topological polar surface area (TPSA) is 58.2 Å². The first-order valence-corrected chi connectivity index (χ1v) is 10.0. The molecule has 4 nitrogen and oxygen atoms in total. The normalized spacial score (nSPS) is 47.7. The van der Waals surface area contributed by atoms with E-state index >= 15 is 0 Å². The molecule has 0 bridgehead atoms. The standard InChI is InChI=1S/C16H20Br2N2O2/c17-7-1-3-11-9(5-7)15(21)13(19-11)14-16(22)10-6-8(18)2-4-12(10)20-14/h7-12,19-20H,1-6H2/b14-13-. The Balaban J connectivity index is 1.62. The van der Waals surface area contributed by atoms with Gasteiger partial charge in [0.2, 0.25) is 0 Å². The van der Waals surface area contributed by atoms with E-state index < -0.39 is 0 Å². The van der Waals surface area contributed by atoms with Gasteiger partial charge in [0.1, 0.15) is 11.4 Å². The molecule has 0 aromatic carbocycles. The summed E-state index contributed by atoms with van der Waals surface area (Å²) >= 11 is 7.28. The van der Waals surface area contributed by atoms with Gasteiger partial charge in [-0.25, -0.2) is 0 Å². The van der Waals surface area contributed by atoms with Crippen LogP contribution in [-0.4, -0.2) is 33.3 Å². The van der Waals surface area contributed by atoms with Gasteiger partial charge in [-0.2, -0.15) is 0 Å². The van der Waals surface area contributed by atoms with Gasteiger partial charge in [0.15, 0.2) is 11.6 Å². The highest BCUT2D eigenvalue weighted by Crippen LogP contribution is 2.40. The SMILES string of the molecule is O=C1/C(=C2/NC3CCC(Br)CC3C2=O)NC2CCC(Br)CC12. The predicted octanol–water partition coefficient (Wildman–Crippen LogP) is 2.41. The highest BCUT2D eigenvalue weighted by atomic mass is 79.9. The molecule has 2 saturated heterocycles. The van der Waals surface area contributed by atoms with E-state index in [0.29, 0.717) is 21.0 Å². The second-order valence-electron chi connectivity index (χ2n) is 7.01. The van der Waals surface area contributed by atoms with Crippen molar-refractivity contribution >= 4 is 43.4 Å². The Kier molecular flexibility index (Phi) is 3.88. The summed E-state index contributed by atoms with van der Waals surface area (Å²) < 4.78 is 0. The Bertz CT molecular complexity index is 514. The van der Waals surface area contributed by atoms with Gasteiger partial charge in [0, 0.05) is 33.6 Å². The minimum Gasteiger partial charge on any atom is -0.377 e. The zero-order valence-corrected chi connectivity index (χ0v) is 15.5. The number of ketones is 2. The molecule has 2 aliphatic carbocycles. The third-order valence-electron chi connectivity index (χ3n) is 5.65. The average Bonchev–Trinajstić information content (AvgIpc) is 2.98. The lowest BCUT2D eigenvalue weighted by Crippen LogP contribution is -2.34. The summed E-state index contributed by atoms with van der Waals surface area (Å²) in [6.45, 7) is 0. The molecule has 2 saturated carbocycles. The maximum atomic E-state index is 12.7.